The predicted octanol–water partition coefficient (Wildman–Crippen LogP) is 2.08. The lowest BCUT2D eigenvalue weighted by Gasteiger charge is -2.37. The highest BCUT2D eigenvalue weighted by Crippen LogP contribution is 2.35. The topological polar surface area (TPSA) is 41.5 Å². The molecule has 1 heterocycles. The maximum Gasteiger partial charge on any atom is 0.105 e. The number of hydrogen-bond donors (Lipinski definition) is 2. The summed E-state index contributed by atoms with van der Waals surface area (Å²) >= 11 is 0. The molecule has 2 aliphatic rings. The lowest BCUT2D eigenvalue weighted by atomic mass is 9.75. The van der Waals surface area contributed by atoms with E-state index in [0.29, 0.717) is 24.6 Å². The molecule has 3 unspecified atom stereocenters. The van der Waals surface area contributed by atoms with Crippen molar-refractivity contribution in [2.45, 2.75) is 70.6 Å². The first-order chi connectivity index (χ1) is 7.91. The third kappa shape index (κ3) is 3.21. The van der Waals surface area contributed by atoms with Gasteiger partial charge in [0.25, 0.3) is 0 Å². The molecule has 0 aromatic heterocycles. The fourth-order valence-electron chi connectivity index (χ4n) is 3.20. The van der Waals surface area contributed by atoms with Gasteiger partial charge in [-0.15, -0.1) is 0 Å². The van der Waals surface area contributed by atoms with Crippen LogP contribution in [0.4, 0.5) is 0 Å². The Morgan fingerprint density at radius 3 is 2.71 bits per heavy atom. The van der Waals surface area contributed by atoms with Gasteiger partial charge in [0.05, 0.1) is 6.10 Å². The van der Waals surface area contributed by atoms with Crippen molar-refractivity contribution in [1.29, 1.82) is 0 Å². The first-order valence-corrected chi connectivity index (χ1v) is 6.99. The first-order valence-electron chi connectivity index (χ1n) is 6.99. The third-order valence-corrected chi connectivity index (χ3v) is 4.56. The van der Waals surface area contributed by atoms with E-state index in [1.54, 1.807) is 0 Å². The van der Waals surface area contributed by atoms with Crippen LogP contribution < -0.4 is 5.32 Å². The van der Waals surface area contributed by atoms with E-state index in [2.05, 4.69) is 19.2 Å². The molecule has 100 valence electrons. The molecule has 0 aromatic rings. The summed E-state index contributed by atoms with van der Waals surface area (Å²) < 4.78 is 5.46. The smallest absolute Gasteiger partial charge is 0.105 e. The van der Waals surface area contributed by atoms with Crippen molar-refractivity contribution in [2.24, 2.45) is 5.41 Å². The zero-order chi connectivity index (χ0) is 12.5. The summed E-state index contributed by atoms with van der Waals surface area (Å²) in [6.07, 6.45) is 5.82. The molecule has 0 radical (unpaired) electrons. The van der Waals surface area contributed by atoms with Crippen molar-refractivity contribution in [3.63, 3.8) is 0 Å². The minimum Gasteiger partial charge on any atom is -0.386 e. The van der Waals surface area contributed by atoms with E-state index in [4.69, 9.17) is 4.74 Å². The molecular formula is C14H27NO2. The van der Waals surface area contributed by atoms with Crippen LogP contribution in [0.3, 0.4) is 0 Å². The number of ether oxygens (including phenoxy) is 1. The Morgan fingerprint density at radius 2 is 2.12 bits per heavy atom. The molecule has 1 aliphatic carbocycles. The molecule has 3 nitrogen and oxygen atoms in total. The fourth-order valence-corrected chi connectivity index (χ4v) is 3.20. The Morgan fingerprint density at radius 1 is 1.35 bits per heavy atom. The lowest BCUT2D eigenvalue weighted by Crippen LogP contribution is -2.50. The van der Waals surface area contributed by atoms with Crippen LogP contribution in [-0.2, 0) is 4.74 Å². The second kappa shape index (κ2) is 4.87. The Hall–Kier alpha value is -0.120. The maximum atomic E-state index is 10.4. The Kier molecular flexibility index (Phi) is 3.81. The van der Waals surface area contributed by atoms with Crippen molar-refractivity contribution in [1.82, 2.24) is 5.32 Å². The molecule has 0 aromatic carbocycles. The molecule has 0 spiro atoms. The highest BCUT2D eigenvalue weighted by molar-refractivity contribution is 4.93. The quantitative estimate of drug-likeness (QED) is 0.795. The van der Waals surface area contributed by atoms with Crippen LogP contribution in [0, 0.1) is 5.41 Å². The number of aliphatic hydroxyl groups is 1. The normalized spacial score (nSPS) is 41.6. The summed E-state index contributed by atoms with van der Waals surface area (Å²) in [5.41, 5.74) is -0.197. The van der Waals surface area contributed by atoms with Gasteiger partial charge in [-0.2, -0.15) is 0 Å². The number of nitrogens with one attached hydrogen (secondary N) is 1. The van der Waals surface area contributed by atoms with E-state index >= 15 is 0 Å². The van der Waals surface area contributed by atoms with Gasteiger partial charge >= 0.3 is 0 Å². The van der Waals surface area contributed by atoms with Crippen molar-refractivity contribution in [3.05, 3.63) is 0 Å². The van der Waals surface area contributed by atoms with Gasteiger partial charge in [-0.05, 0) is 31.6 Å². The van der Waals surface area contributed by atoms with Crippen LogP contribution in [0.5, 0.6) is 0 Å². The van der Waals surface area contributed by atoms with Gasteiger partial charge in [-0.3, -0.25) is 0 Å². The zero-order valence-corrected chi connectivity index (χ0v) is 11.5. The van der Waals surface area contributed by atoms with Gasteiger partial charge in [0.15, 0.2) is 0 Å². The first kappa shape index (κ1) is 13.3. The molecule has 0 amide bonds. The molecular weight excluding hydrogens is 214 g/mol. The third-order valence-electron chi connectivity index (χ3n) is 4.56. The van der Waals surface area contributed by atoms with Crippen molar-refractivity contribution in [2.75, 3.05) is 13.2 Å². The van der Waals surface area contributed by atoms with Crippen LogP contribution in [0.1, 0.15) is 52.9 Å². The summed E-state index contributed by atoms with van der Waals surface area (Å²) in [5.74, 6) is 0. The van der Waals surface area contributed by atoms with Gasteiger partial charge in [0, 0.05) is 25.6 Å². The predicted molar refractivity (Wildman–Crippen MR) is 69.0 cm³/mol. The average Bonchev–Trinajstić information content (AvgIpc) is 2.56. The largest absolute Gasteiger partial charge is 0.386 e. The fraction of sp³-hybridized carbons (Fsp3) is 1.00. The Labute approximate surface area is 105 Å². The average molecular weight is 241 g/mol. The molecule has 2 N–H and O–H groups in total. The molecule has 17 heavy (non-hydrogen) atoms. The second-order valence-corrected chi connectivity index (χ2v) is 6.70. The van der Waals surface area contributed by atoms with Crippen LogP contribution >= 0.6 is 0 Å². The number of rotatable bonds is 3. The highest BCUT2D eigenvalue weighted by atomic mass is 16.5. The monoisotopic (exact) mass is 241 g/mol. The Bertz CT molecular complexity index is 267. The van der Waals surface area contributed by atoms with Crippen LogP contribution in [0.2, 0.25) is 0 Å². The molecule has 1 saturated carbocycles. The highest BCUT2D eigenvalue weighted by Gasteiger charge is 2.40. The molecule has 3 atom stereocenters. The van der Waals surface area contributed by atoms with Gasteiger partial charge in [0.1, 0.15) is 5.60 Å². The standard InChI is InChI=1S/C14H27NO2/c1-11-14(16,7-8-17-11)10-15-12-5-4-6-13(2,3)9-12/h11-12,15-16H,4-10H2,1-3H3. The summed E-state index contributed by atoms with van der Waals surface area (Å²) in [7, 11) is 0. The molecule has 2 rings (SSSR count). The molecule has 1 aliphatic heterocycles. The second-order valence-electron chi connectivity index (χ2n) is 6.70. The van der Waals surface area contributed by atoms with Gasteiger partial charge in [-0.25, -0.2) is 0 Å². The van der Waals surface area contributed by atoms with Crippen molar-refractivity contribution >= 4 is 0 Å². The summed E-state index contributed by atoms with van der Waals surface area (Å²) in [4.78, 5) is 0. The van der Waals surface area contributed by atoms with E-state index in [0.717, 1.165) is 6.42 Å². The maximum absolute atomic E-state index is 10.4. The van der Waals surface area contributed by atoms with Gasteiger partial charge in [-0.1, -0.05) is 20.3 Å². The molecule has 3 heteroatoms. The van der Waals surface area contributed by atoms with Crippen LogP contribution in [-0.4, -0.2) is 36.0 Å². The van der Waals surface area contributed by atoms with E-state index < -0.39 is 5.60 Å². The van der Waals surface area contributed by atoms with E-state index in [1.165, 1.54) is 25.7 Å². The van der Waals surface area contributed by atoms with E-state index in [-0.39, 0.29) is 6.10 Å². The minimum atomic E-state index is -0.651. The van der Waals surface area contributed by atoms with Crippen LogP contribution in [0.15, 0.2) is 0 Å². The molecule has 0 bridgehead atoms. The van der Waals surface area contributed by atoms with E-state index in [1.807, 2.05) is 6.92 Å². The lowest BCUT2D eigenvalue weighted by molar-refractivity contribution is -0.0292. The van der Waals surface area contributed by atoms with E-state index in [9.17, 15) is 5.11 Å². The minimum absolute atomic E-state index is 0.0356. The van der Waals surface area contributed by atoms with Crippen molar-refractivity contribution < 1.29 is 9.84 Å². The van der Waals surface area contributed by atoms with Gasteiger partial charge in [0.2, 0.25) is 0 Å². The summed E-state index contributed by atoms with van der Waals surface area (Å²) in [6, 6.07) is 0.565. The van der Waals surface area contributed by atoms with Gasteiger partial charge < -0.3 is 15.2 Å². The van der Waals surface area contributed by atoms with Crippen LogP contribution in [0.25, 0.3) is 0 Å². The Balaban J connectivity index is 1.82. The zero-order valence-electron chi connectivity index (χ0n) is 11.5. The molecule has 1 saturated heterocycles. The molecule has 2 fully saturated rings. The SMILES string of the molecule is CC1OCCC1(O)CNC1CCCC(C)(C)C1. The number of hydrogen-bond acceptors (Lipinski definition) is 3. The summed E-state index contributed by atoms with van der Waals surface area (Å²) in [5, 5.41) is 14.0. The summed E-state index contributed by atoms with van der Waals surface area (Å²) in [6.45, 7) is 8.03. The van der Waals surface area contributed by atoms with Crippen molar-refractivity contribution in [3.8, 4) is 0 Å².